The third-order valence-corrected chi connectivity index (χ3v) is 3.96. The summed E-state index contributed by atoms with van der Waals surface area (Å²) < 4.78 is 10.7. The van der Waals surface area contributed by atoms with Crippen LogP contribution >= 0.6 is 0 Å². The van der Waals surface area contributed by atoms with E-state index in [1.54, 1.807) is 25.3 Å². The van der Waals surface area contributed by atoms with Crippen molar-refractivity contribution in [1.82, 2.24) is 4.90 Å². The average Bonchev–Trinajstić information content (AvgIpc) is 2.68. The molecule has 1 amide bonds. The van der Waals surface area contributed by atoms with Gasteiger partial charge in [0.2, 0.25) is 0 Å². The molecule has 19 heavy (non-hydrogen) atoms. The molecule has 2 N–H and O–H groups in total. The summed E-state index contributed by atoms with van der Waals surface area (Å²) in [5, 5.41) is 0. The van der Waals surface area contributed by atoms with E-state index in [-0.39, 0.29) is 18.0 Å². The molecule has 2 fully saturated rings. The first kappa shape index (κ1) is 12.3. The average molecular weight is 262 g/mol. The number of amides is 1. The minimum absolute atomic E-state index is 0.0501. The van der Waals surface area contributed by atoms with E-state index in [2.05, 4.69) is 0 Å². The third-order valence-electron chi connectivity index (χ3n) is 3.96. The molecule has 2 aliphatic heterocycles. The number of benzene rings is 1. The van der Waals surface area contributed by atoms with E-state index in [0.29, 0.717) is 30.2 Å². The van der Waals surface area contributed by atoms with Crippen molar-refractivity contribution in [1.29, 1.82) is 0 Å². The van der Waals surface area contributed by atoms with Crippen molar-refractivity contribution >= 4 is 11.6 Å². The molecule has 3 rings (SSSR count). The molecule has 2 bridgehead atoms. The van der Waals surface area contributed by atoms with Crippen LogP contribution in [0.1, 0.15) is 23.2 Å². The van der Waals surface area contributed by atoms with Gasteiger partial charge in [0.25, 0.3) is 5.91 Å². The maximum atomic E-state index is 12.6. The molecule has 1 aromatic rings. The standard InChI is InChI=1S/C14H18N2O3/c1-18-13-6-9(2-5-12(13)15)14(17)16-10-3-4-11(16)8-19-7-10/h2,5-6,10-11H,3-4,7-8,15H2,1H3. The zero-order valence-corrected chi connectivity index (χ0v) is 11.0. The number of hydrogen-bond acceptors (Lipinski definition) is 4. The first-order valence-corrected chi connectivity index (χ1v) is 6.54. The summed E-state index contributed by atoms with van der Waals surface area (Å²) in [5.74, 6) is 0.598. The predicted molar refractivity (Wildman–Crippen MR) is 71.2 cm³/mol. The van der Waals surface area contributed by atoms with Gasteiger partial charge in [0.15, 0.2) is 0 Å². The maximum absolute atomic E-state index is 12.6. The van der Waals surface area contributed by atoms with Crippen molar-refractivity contribution in [3.63, 3.8) is 0 Å². The van der Waals surface area contributed by atoms with Gasteiger partial charge in [-0.05, 0) is 31.0 Å². The minimum atomic E-state index is 0.0501. The van der Waals surface area contributed by atoms with Crippen molar-refractivity contribution in [3.8, 4) is 5.75 Å². The molecule has 5 nitrogen and oxygen atoms in total. The van der Waals surface area contributed by atoms with Gasteiger partial charge in [-0.3, -0.25) is 4.79 Å². The van der Waals surface area contributed by atoms with Crippen molar-refractivity contribution < 1.29 is 14.3 Å². The van der Waals surface area contributed by atoms with Crippen LogP contribution in [-0.4, -0.2) is 43.2 Å². The number of hydrogen-bond donors (Lipinski definition) is 1. The summed E-state index contributed by atoms with van der Waals surface area (Å²) in [6, 6.07) is 5.63. The number of anilines is 1. The number of methoxy groups -OCH3 is 1. The highest BCUT2D eigenvalue weighted by molar-refractivity contribution is 5.96. The number of nitrogen functional groups attached to an aromatic ring is 1. The van der Waals surface area contributed by atoms with Gasteiger partial charge in [0.05, 0.1) is 38.1 Å². The molecule has 2 heterocycles. The fraction of sp³-hybridized carbons (Fsp3) is 0.500. The lowest BCUT2D eigenvalue weighted by atomic mass is 10.1. The van der Waals surface area contributed by atoms with Gasteiger partial charge < -0.3 is 20.1 Å². The number of morpholine rings is 1. The van der Waals surface area contributed by atoms with Crippen molar-refractivity contribution in [2.45, 2.75) is 24.9 Å². The first-order valence-electron chi connectivity index (χ1n) is 6.54. The molecule has 2 aliphatic rings. The molecular weight excluding hydrogens is 244 g/mol. The highest BCUT2D eigenvalue weighted by Crippen LogP contribution is 2.31. The lowest BCUT2D eigenvalue weighted by Gasteiger charge is -2.34. The highest BCUT2D eigenvalue weighted by Gasteiger charge is 2.40. The van der Waals surface area contributed by atoms with Crippen LogP contribution in [0.4, 0.5) is 5.69 Å². The Morgan fingerprint density at radius 1 is 1.37 bits per heavy atom. The maximum Gasteiger partial charge on any atom is 0.254 e. The Hall–Kier alpha value is -1.75. The van der Waals surface area contributed by atoms with Crippen LogP contribution in [0.2, 0.25) is 0 Å². The lowest BCUT2D eigenvalue weighted by molar-refractivity contribution is -0.00716. The molecule has 0 aromatic heterocycles. The molecule has 0 radical (unpaired) electrons. The fourth-order valence-corrected chi connectivity index (χ4v) is 2.95. The van der Waals surface area contributed by atoms with Crippen LogP contribution in [-0.2, 0) is 4.74 Å². The number of carbonyl (C=O) groups is 1. The summed E-state index contributed by atoms with van der Waals surface area (Å²) in [6.45, 7) is 1.29. The second-order valence-corrected chi connectivity index (χ2v) is 5.09. The molecule has 0 saturated carbocycles. The largest absolute Gasteiger partial charge is 0.495 e. The Morgan fingerprint density at radius 3 is 2.68 bits per heavy atom. The van der Waals surface area contributed by atoms with Gasteiger partial charge in [0.1, 0.15) is 5.75 Å². The fourth-order valence-electron chi connectivity index (χ4n) is 2.95. The second-order valence-electron chi connectivity index (χ2n) is 5.09. The number of carbonyl (C=O) groups excluding carboxylic acids is 1. The Morgan fingerprint density at radius 2 is 2.05 bits per heavy atom. The van der Waals surface area contributed by atoms with E-state index in [1.807, 2.05) is 4.90 Å². The highest BCUT2D eigenvalue weighted by atomic mass is 16.5. The Labute approximate surface area is 112 Å². The van der Waals surface area contributed by atoms with Gasteiger partial charge in [-0.15, -0.1) is 0 Å². The Bertz CT molecular complexity index is 487. The van der Waals surface area contributed by atoms with Crippen LogP contribution in [0.3, 0.4) is 0 Å². The van der Waals surface area contributed by atoms with Crippen LogP contribution < -0.4 is 10.5 Å². The normalized spacial score (nSPS) is 25.4. The molecule has 5 heteroatoms. The summed E-state index contributed by atoms with van der Waals surface area (Å²) in [5.41, 5.74) is 6.95. The van der Waals surface area contributed by atoms with Crippen molar-refractivity contribution in [2.24, 2.45) is 0 Å². The van der Waals surface area contributed by atoms with Gasteiger partial charge in [0, 0.05) is 5.56 Å². The van der Waals surface area contributed by atoms with Gasteiger partial charge in [-0.25, -0.2) is 0 Å². The summed E-state index contributed by atoms with van der Waals surface area (Å²) in [4.78, 5) is 14.6. The van der Waals surface area contributed by atoms with Crippen LogP contribution in [0.5, 0.6) is 5.75 Å². The zero-order chi connectivity index (χ0) is 13.4. The summed E-state index contributed by atoms with van der Waals surface area (Å²) in [7, 11) is 1.55. The van der Waals surface area contributed by atoms with E-state index in [4.69, 9.17) is 15.2 Å². The van der Waals surface area contributed by atoms with Gasteiger partial charge in [-0.1, -0.05) is 0 Å². The SMILES string of the molecule is COc1cc(C(=O)N2C3CCC2COC3)ccc1N. The van der Waals surface area contributed by atoms with E-state index < -0.39 is 0 Å². The van der Waals surface area contributed by atoms with Crippen molar-refractivity contribution in [3.05, 3.63) is 23.8 Å². The molecule has 0 aliphatic carbocycles. The van der Waals surface area contributed by atoms with E-state index in [0.717, 1.165) is 12.8 Å². The van der Waals surface area contributed by atoms with Crippen LogP contribution in [0.15, 0.2) is 18.2 Å². The molecule has 1 aromatic carbocycles. The molecule has 2 saturated heterocycles. The predicted octanol–water partition coefficient (Wildman–Crippen LogP) is 1.28. The molecule has 102 valence electrons. The van der Waals surface area contributed by atoms with E-state index in [9.17, 15) is 4.79 Å². The monoisotopic (exact) mass is 262 g/mol. The quantitative estimate of drug-likeness (QED) is 0.815. The van der Waals surface area contributed by atoms with Crippen LogP contribution in [0, 0.1) is 0 Å². The summed E-state index contributed by atoms with van der Waals surface area (Å²) >= 11 is 0. The smallest absolute Gasteiger partial charge is 0.254 e. The first-order chi connectivity index (χ1) is 9.20. The number of nitrogens with two attached hydrogens (primary N) is 1. The molecular formula is C14H18N2O3. The second kappa shape index (κ2) is 4.74. The van der Waals surface area contributed by atoms with Gasteiger partial charge >= 0.3 is 0 Å². The third kappa shape index (κ3) is 2.04. The Balaban J connectivity index is 1.88. The van der Waals surface area contributed by atoms with Crippen molar-refractivity contribution in [2.75, 3.05) is 26.1 Å². The minimum Gasteiger partial charge on any atom is -0.495 e. The van der Waals surface area contributed by atoms with Crippen LogP contribution in [0.25, 0.3) is 0 Å². The number of fused-ring (bicyclic) bond motifs is 2. The Kier molecular flexibility index (Phi) is 3.06. The van der Waals surface area contributed by atoms with E-state index in [1.165, 1.54) is 0 Å². The summed E-state index contributed by atoms with van der Waals surface area (Å²) in [6.07, 6.45) is 2.06. The number of nitrogens with zero attached hydrogens (tertiary/aromatic N) is 1. The topological polar surface area (TPSA) is 64.8 Å². The molecule has 2 atom stereocenters. The molecule has 2 unspecified atom stereocenters. The lowest BCUT2D eigenvalue weighted by Crippen LogP contribution is -2.49. The molecule has 0 spiro atoms. The zero-order valence-electron chi connectivity index (χ0n) is 11.0. The number of rotatable bonds is 2. The number of ether oxygens (including phenoxy) is 2. The van der Waals surface area contributed by atoms with E-state index >= 15 is 0 Å². The van der Waals surface area contributed by atoms with Gasteiger partial charge in [-0.2, -0.15) is 0 Å².